The normalized spacial score (nSPS) is 17.5. The van der Waals surface area contributed by atoms with Crippen LogP contribution in [0.15, 0.2) is 36.7 Å². The van der Waals surface area contributed by atoms with Crippen molar-refractivity contribution in [2.45, 2.75) is 24.6 Å². The molecule has 1 heterocycles. The highest BCUT2D eigenvalue weighted by Crippen LogP contribution is 2.42. The predicted octanol–water partition coefficient (Wildman–Crippen LogP) is 2.84. The van der Waals surface area contributed by atoms with Crippen molar-refractivity contribution < 1.29 is 13.2 Å². The van der Waals surface area contributed by atoms with Gasteiger partial charge in [-0.05, 0) is 25.0 Å². The number of nitrogens with two attached hydrogens (primary N) is 1. The third-order valence-electron chi connectivity index (χ3n) is 3.40. The lowest BCUT2D eigenvalue weighted by Crippen LogP contribution is -2.17. The maximum absolute atomic E-state index is 12.9. The lowest BCUT2D eigenvalue weighted by atomic mass is 10.1. The Bertz CT molecular complexity index is 612. The zero-order chi connectivity index (χ0) is 13.7. The van der Waals surface area contributed by atoms with Gasteiger partial charge in [-0.2, -0.15) is 18.3 Å². The molecule has 19 heavy (non-hydrogen) atoms. The molecule has 2 aromatic rings. The molecule has 3 nitrogen and oxygen atoms in total. The van der Waals surface area contributed by atoms with Crippen LogP contribution in [0.2, 0.25) is 0 Å². The van der Waals surface area contributed by atoms with Crippen LogP contribution in [0.4, 0.5) is 13.2 Å². The van der Waals surface area contributed by atoms with E-state index in [0.29, 0.717) is 0 Å². The van der Waals surface area contributed by atoms with E-state index in [9.17, 15) is 13.2 Å². The molecule has 100 valence electrons. The number of aromatic nitrogens is 2. The van der Waals surface area contributed by atoms with Crippen LogP contribution >= 0.6 is 0 Å². The maximum Gasteiger partial charge on any atom is 0.418 e. The molecule has 0 bridgehead atoms. The first-order valence-electron chi connectivity index (χ1n) is 5.91. The molecule has 1 aromatic carbocycles. The second-order valence-electron chi connectivity index (χ2n) is 4.84. The average molecular weight is 267 g/mol. The highest BCUT2D eigenvalue weighted by Gasteiger charge is 2.41. The second kappa shape index (κ2) is 3.84. The van der Waals surface area contributed by atoms with Gasteiger partial charge in [0, 0.05) is 17.3 Å². The number of hydrogen-bond acceptors (Lipinski definition) is 2. The quantitative estimate of drug-likeness (QED) is 0.909. The van der Waals surface area contributed by atoms with Gasteiger partial charge >= 0.3 is 6.18 Å². The summed E-state index contributed by atoms with van der Waals surface area (Å²) in [4.78, 5) is 0. The molecule has 0 spiro atoms. The third-order valence-corrected chi connectivity index (χ3v) is 3.40. The van der Waals surface area contributed by atoms with Crippen molar-refractivity contribution in [1.82, 2.24) is 9.78 Å². The molecule has 0 saturated heterocycles. The summed E-state index contributed by atoms with van der Waals surface area (Å²) in [6, 6.07) is 5.37. The van der Waals surface area contributed by atoms with Crippen LogP contribution in [0.25, 0.3) is 5.69 Å². The summed E-state index contributed by atoms with van der Waals surface area (Å²) in [5, 5.41) is 4.00. The Kier molecular flexibility index (Phi) is 2.47. The zero-order valence-corrected chi connectivity index (χ0v) is 9.98. The van der Waals surface area contributed by atoms with Gasteiger partial charge in [-0.1, -0.05) is 12.1 Å². The molecular formula is C13H12F3N3. The Morgan fingerprint density at radius 1 is 1.21 bits per heavy atom. The molecule has 0 amide bonds. The molecule has 6 heteroatoms. The van der Waals surface area contributed by atoms with Gasteiger partial charge in [0.2, 0.25) is 0 Å². The van der Waals surface area contributed by atoms with Crippen LogP contribution < -0.4 is 5.73 Å². The van der Waals surface area contributed by atoms with E-state index in [0.717, 1.165) is 24.5 Å². The van der Waals surface area contributed by atoms with Gasteiger partial charge in [-0.15, -0.1) is 0 Å². The molecule has 2 N–H and O–H groups in total. The van der Waals surface area contributed by atoms with Crippen molar-refractivity contribution >= 4 is 0 Å². The van der Waals surface area contributed by atoms with Gasteiger partial charge in [-0.25, -0.2) is 4.68 Å². The van der Waals surface area contributed by atoms with E-state index in [4.69, 9.17) is 5.73 Å². The molecule has 0 unspecified atom stereocenters. The monoisotopic (exact) mass is 267 g/mol. The minimum absolute atomic E-state index is 0.0190. The van der Waals surface area contributed by atoms with Crippen LogP contribution in [-0.2, 0) is 11.7 Å². The highest BCUT2D eigenvalue weighted by atomic mass is 19.4. The minimum atomic E-state index is -4.40. The summed E-state index contributed by atoms with van der Waals surface area (Å²) in [6.45, 7) is 0. The molecular weight excluding hydrogens is 255 g/mol. The van der Waals surface area contributed by atoms with Gasteiger partial charge in [0.05, 0.1) is 17.4 Å². The van der Waals surface area contributed by atoms with Gasteiger partial charge in [0.1, 0.15) is 0 Å². The van der Waals surface area contributed by atoms with E-state index in [1.807, 2.05) is 0 Å². The molecule has 1 aliphatic carbocycles. The topological polar surface area (TPSA) is 43.8 Å². The largest absolute Gasteiger partial charge is 0.418 e. The molecule has 1 saturated carbocycles. The molecule has 1 fully saturated rings. The summed E-state index contributed by atoms with van der Waals surface area (Å²) in [5.74, 6) is 0. The number of hydrogen-bond donors (Lipinski definition) is 1. The fourth-order valence-electron chi connectivity index (χ4n) is 2.05. The van der Waals surface area contributed by atoms with E-state index in [1.54, 1.807) is 18.5 Å². The molecule has 1 aromatic heterocycles. The van der Waals surface area contributed by atoms with Crippen LogP contribution in [0, 0.1) is 0 Å². The molecule has 0 atom stereocenters. The summed E-state index contributed by atoms with van der Waals surface area (Å²) < 4.78 is 40.0. The first-order valence-corrected chi connectivity index (χ1v) is 5.91. The van der Waals surface area contributed by atoms with Crippen molar-refractivity contribution in [2.24, 2.45) is 5.73 Å². The predicted molar refractivity (Wildman–Crippen MR) is 63.7 cm³/mol. The van der Waals surface area contributed by atoms with Gasteiger partial charge in [-0.3, -0.25) is 0 Å². The Morgan fingerprint density at radius 2 is 1.89 bits per heavy atom. The Morgan fingerprint density at radius 3 is 2.53 bits per heavy atom. The van der Waals surface area contributed by atoms with Crippen LogP contribution in [0.3, 0.4) is 0 Å². The third kappa shape index (κ3) is 2.12. The number of para-hydroxylation sites is 1. The number of nitrogens with zero attached hydrogens (tertiary/aromatic N) is 2. The van der Waals surface area contributed by atoms with Crippen molar-refractivity contribution in [3.63, 3.8) is 0 Å². The van der Waals surface area contributed by atoms with Crippen molar-refractivity contribution in [3.8, 4) is 5.69 Å². The van der Waals surface area contributed by atoms with Crippen molar-refractivity contribution in [2.75, 3.05) is 0 Å². The molecule has 0 aliphatic heterocycles. The van der Waals surface area contributed by atoms with Gasteiger partial charge < -0.3 is 5.73 Å². The first kappa shape index (κ1) is 12.2. The summed E-state index contributed by atoms with van der Waals surface area (Å²) in [6.07, 6.45) is 0.416. The average Bonchev–Trinajstić information content (AvgIpc) is 2.93. The SMILES string of the molecule is NC1(c2cnn(-c3ccccc3C(F)(F)F)c2)CC1. The van der Waals surface area contributed by atoms with Crippen molar-refractivity contribution in [3.05, 3.63) is 47.8 Å². The highest BCUT2D eigenvalue weighted by molar-refractivity contribution is 5.43. The lowest BCUT2D eigenvalue weighted by molar-refractivity contribution is -0.137. The van der Waals surface area contributed by atoms with Crippen LogP contribution in [-0.4, -0.2) is 9.78 Å². The lowest BCUT2D eigenvalue weighted by Gasteiger charge is -2.12. The minimum Gasteiger partial charge on any atom is -0.321 e. The van der Waals surface area contributed by atoms with Gasteiger partial charge in [0.25, 0.3) is 0 Å². The van der Waals surface area contributed by atoms with E-state index in [-0.39, 0.29) is 5.69 Å². The summed E-state index contributed by atoms with van der Waals surface area (Å²) in [7, 11) is 0. The van der Waals surface area contributed by atoms with Crippen LogP contribution in [0.5, 0.6) is 0 Å². The van der Waals surface area contributed by atoms with Crippen LogP contribution in [0.1, 0.15) is 24.0 Å². The standard InChI is InChI=1S/C13H12F3N3/c14-13(15,16)10-3-1-2-4-11(10)19-8-9(7-18-19)12(17)5-6-12/h1-4,7-8H,5-6,17H2. The van der Waals surface area contributed by atoms with Gasteiger partial charge in [0.15, 0.2) is 0 Å². The molecule has 3 rings (SSSR count). The summed E-state index contributed by atoms with van der Waals surface area (Å²) in [5.41, 5.74) is 5.71. The smallest absolute Gasteiger partial charge is 0.321 e. The second-order valence-corrected chi connectivity index (χ2v) is 4.84. The van der Waals surface area contributed by atoms with E-state index < -0.39 is 17.3 Å². The Balaban J connectivity index is 2.05. The molecule has 0 radical (unpaired) electrons. The molecule has 1 aliphatic rings. The van der Waals surface area contributed by atoms with E-state index >= 15 is 0 Å². The van der Waals surface area contributed by atoms with E-state index in [2.05, 4.69) is 5.10 Å². The Labute approximate surface area is 107 Å². The fourth-order valence-corrected chi connectivity index (χ4v) is 2.05. The Hall–Kier alpha value is -1.82. The number of alkyl halides is 3. The zero-order valence-electron chi connectivity index (χ0n) is 9.98. The fraction of sp³-hybridized carbons (Fsp3) is 0.308. The first-order chi connectivity index (χ1) is 8.90. The maximum atomic E-state index is 12.9. The number of rotatable bonds is 2. The van der Waals surface area contributed by atoms with E-state index in [1.165, 1.54) is 16.8 Å². The number of halogens is 3. The number of benzene rings is 1. The summed E-state index contributed by atoms with van der Waals surface area (Å²) >= 11 is 0. The van der Waals surface area contributed by atoms with Crippen molar-refractivity contribution in [1.29, 1.82) is 0 Å².